The zero-order valence-corrected chi connectivity index (χ0v) is 23.6. The maximum Gasteiger partial charge on any atom is 0.305 e. The van der Waals surface area contributed by atoms with Gasteiger partial charge in [0, 0.05) is 50.6 Å². The van der Waals surface area contributed by atoms with Crippen LogP contribution in [0.15, 0.2) is 66.9 Å². The molecule has 1 N–H and O–H groups in total. The molecule has 3 aromatic rings. The Morgan fingerprint density at radius 2 is 1.62 bits per heavy atom. The molecule has 3 heterocycles. The third kappa shape index (κ3) is 6.16. The van der Waals surface area contributed by atoms with Crippen LogP contribution < -0.4 is 0 Å². The molecule has 3 fully saturated rings. The van der Waals surface area contributed by atoms with Crippen molar-refractivity contribution in [2.24, 2.45) is 5.92 Å². The molecule has 2 saturated heterocycles. The minimum atomic E-state index is -0.650. The number of hydrogen-bond acceptors (Lipinski definition) is 5. The lowest BCUT2D eigenvalue weighted by atomic mass is 9.78. The molecule has 2 aliphatic heterocycles. The van der Waals surface area contributed by atoms with E-state index in [0.717, 1.165) is 83.4 Å². The van der Waals surface area contributed by atoms with Crippen LogP contribution in [-0.4, -0.2) is 74.1 Å². The van der Waals surface area contributed by atoms with Gasteiger partial charge in [0.05, 0.1) is 24.4 Å². The van der Waals surface area contributed by atoms with Crippen molar-refractivity contribution in [2.75, 3.05) is 32.7 Å². The third-order valence-electron chi connectivity index (χ3n) is 9.76. The summed E-state index contributed by atoms with van der Waals surface area (Å²) >= 11 is 0. The van der Waals surface area contributed by atoms with Gasteiger partial charge in [0.15, 0.2) is 0 Å². The highest BCUT2D eigenvalue weighted by Crippen LogP contribution is 2.44. The number of benzene rings is 2. The first-order valence-corrected chi connectivity index (χ1v) is 15.3. The van der Waals surface area contributed by atoms with Gasteiger partial charge < -0.3 is 10.0 Å². The van der Waals surface area contributed by atoms with Gasteiger partial charge in [-0.05, 0) is 42.7 Å². The minimum Gasteiger partial charge on any atom is -0.481 e. The van der Waals surface area contributed by atoms with Crippen LogP contribution in [0.5, 0.6) is 0 Å². The highest BCUT2D eigenvalue weighted by molar-refractivity contribution is 5.68. The van der Waals surface area contributed by atoms with E-state index in [9.17, 15) is 9.90 Å². The quantitative estimate of drug-likeness (QED) is 0.391. The highest BCUT2D eigenvalue weighted by atomic mass is 16.4. The topological polar surface area (TPSA) is 74.5 Å². The summed E-state index contributed by atoms with van der Waals surface area (Å²) in [5.74, 6) is 0.300. The number of likely N-dealkylation sites (tertiary alicyclic amines) is 2. The molecule has 212 valence electrons. The first-order valence-electron chi connectivity index (χ1n) is 15.3. The smallest absolute Gasteiger partial charge is 0.305 e. The van der Waals surface area contributed by atoms with Crippen molar-refractivity contribution < 1.29 is 9.90 Å². The van der Waals surface area contributed by atoms with Gasteiger partial charge in [0.2, 0.25) is 0 Å². The van der Waals surface area contributed by atoms with E-state index in [1.54, 1.807) is 0 Å². The number of carboxylic acid groups (broad SMARTS) is 1. The number of carbonyl (C=O) groups is 1. The number of nitrogens with zero attached hydrogens (tertiary/aromatic N) is 5. The predicted octanol–water partition coefficient (Wildman–Crippen LogP) is 5.40. The lowest BCUT2D eigenvalue weighted by molar-refractivity contribution is -0.141. The Morgan fingerprint density at radius 3 is 2.33 bits per heavy atom. The molecule has 3 aliphatic rings. The van der Waals surface area contributed by atoms with Crippen LogP contribution in [0.1, 0.15) is 80.1 Å². The Kier molecular flexibility index (Phi) is 8.30. The third-order valence-corrected chi connectivity index (χ3v) is 9.76. The van der Waals surface area contributed by atoms with Crippen molar-refractivity contribution in [3.8, 4) is 0 Å². The summed E-state index contributed by atoms with van der Waals surface area (Å²) in [6.45, 7) is 5.14. The van der Waals surface area contributed by atoms with E-state index in [2.05, 4.69) is 69.5 Å². The average Bonchev–Trinajstić information content (AvgIpc) is 3.63. The average molecular weight is 542 g/mol. The van der Waals surface area contributed by atoms with Crippen LogP contribution in [0.25, 0.3) is 0 Å². The van der Waals surface area contributed by atoms with Gasteiger partial charge in [0.25, 0.3) is 0 Å². The maximum absolute atomic E-state index is 12.0. The summed E-state index contributed by atoms with van der Waals surface area (Å²) in [6.07, 6.45) is 10.7. The summed E-state index contributed by atoms with van der Waals surface area (Å²) in [5, 5.41) is 19.3. The number of aliphatic carboxylic acids is 1. The van der Waals surface area contributed by atoms with Gasteiger partial charge in [-0.3, -0.25) is 9.69 Å². The van der Waals surface area contributed by atoms with Crippen molar-refractivity contribution in [3.63, 3.8) is 0 Å². The van der Waals surface area contributed by atoms with E-state index in [1.807, 2.05) is 17.1 Å². The van der Waals surface area contributed by atoms with Crippen molar-refractivity contribution in [2.45, 2.75) is 75.3 Å². The van der Waals surface area contributed by atoms with Gasteiger partial charge in [-0.15, -0.1) is 0 Å². The Labute approximate surface area is 238 Å². The molecule has 0 amide bonds. The van der Waals surface area contributed by atoms with Crippen LogP contribution in [0.2, 0.25) is 0 Å². The molecule has 0 bridgehead atoms. The molecule has 2 atom stereocenters. The second-order valence-electron chi connectivity index (χ2n) is 12.4. The first kappa shape index (κ1) is 27.2. The maximum atomic E-state index is 12.0. The van der Waals surface area contributed by atoms with Crippen LogP contribution in [0, 0.1) is 5.92 Å². The Hall–Kier alpha value is -3.03. The standard InChI is InChI=1S/C33H43N5O2/c39-32(40)21-33(16-8-3-9-17-33)37-24-28(31(25-37)27-12-6-2-7-13-27)23-36-18-14-30(15-19-36)38-34-22-29(35-38)20-26-10-4-1-5-11-26/h1-2,4-7,10-13,22,28,30-31H,3,8-9,14-21,23-25H2,(H,39,40). The number of aromatic nitrogens is 3. The Morgan fingerprint density at radius 1 is 0.925 bits per heavy atom. The second-order valence-corrected chi connectivity index (χ2v) is 12.4. The zero-order chi connectivity index (χ0) is 27.4. The van der Waals surface area contributed by atoms with Crippen LogP contribution in [-0.2, 0) is 11.2 Å². The fourth-order valence-corrected chi connectivity index (χ4v) is 7.65. The normalized spacial score (nSPS) is 24.3. The molecule has 0 radical (unpaired) electrons. The summed E-state index contributed by atoms with van der Waals surface area (Å²) in [6, 6.07) is 21.8. The fraction of sp³-hybridized carbons (Fsp3) is 0.545. The van der Waals surface area contributed by atoms with Gasteiger partial charge in [-0.2, -0.15) is 15.0 Å². The number of carboxylic acids is 1. The molecular weight excluding hydrogens is 498 g/mol. The molecule has 2 aromatic carbocycles. The van der Waals surface area contributed by atoms with Crippen LogP contribution in [0.3, 0.4) is 0 Å². The Balaban J connectivity index is 1.10. The molecule has 1 aliphatic carbocycles. The van der Waals surface area contributed by atoms with Crippen molar-refractivity contribution in [1.29, 1.82) is 0 Å². The molecule has 40 heavy (non-hydrogen) atoms. The van der Waals surface area contributed by atoms with Crippen LogP contribution >= 0.6 is 0 Å². The van der Waals surface area contributed by atoms with Crippen molar-refractivity contribution in [1.82, 2.24) is 24.8 Å². The van der Waals surface area contributed by atoms with Gasteiger partial charge in [-0.1, -0.05) is 79.9 Å². The summed E-state index contributed by atoms with van der Waals surface area (Å²) < 4.78 is 0. The summed E-state index contributed by atoms with van der Waals surface area (Å²) in [5.41, 5.74) is 3.52. The van der Waals surface area contributed by atoms with E-state index in [4.69, 9.17) is 5.10 Å². The molecule has 1 saturated carbocycles. The van der Waals surface area contributed by atoms with Gasteiger partial charge in [0.1, 0.15) is 0 Å². The molecular formula is C33H43N5O2. The number of rotatable bonds is 9. The van der Waals surface area contributed by atoms with Gasteiger partial charge >= 0.3 is 5.97 Å². The summed E-state index contributed by atoms with van der Waals surface area (Å²) in [7, 11) is 0. The summed E-state index contributed by atoms with van der Waals surface area (Å²) in [4.78, 5) is 19.2. The van der Waals surface area contributed by atoms with Crippen molar-refractivity contribution >= 4 is 5.97 Å². The molecule has 2 unspecified atom stereocenters. The SMILES string of the molecule is O=C(O)CC1(N2CC(CN3CCC(n4ncc(Cc5ccccc5)n4)CC3)C(c3ccccc3)C2)CCCCC1. The first-order chi connectivity index (χ1) is 19.6. The molecule has 6 rings (SSSR count). The van der Waals surface area contributed by atoms with E-state index in [-0.39, 0.29) is 12.0 Å². The number of piperidine rings is 1. The highest BCUT2D eigenvalue weighted by Gasteiger charge is 2.46. The molecule has 7 nitrogen and oxygen atoms in total. The zero-order valence-electron chi connectivity index (χ0n) is 23.6. The van der Waals surface area contributed by atoms with Crippen LogP contribution in [0.4, 0.5) is 0 Å². The van der Waals surface area contributed by atoms with E-state index >= 15 is 0 Å². The van der Waals surface area contributed by atoms with E-state index < -0.39 is 5.97 Å². The number of hydrogen-bond donors (Lipinski definition) is 1. The molecule has 7 heteroatoms. The predicted molar refractivity (Wildman–Crippen MR) is 156 cm³/mol. The lowest BCUT2D eigenvalue weighted by Crippen LogP contribution is -2.50. The largest absolute Gasteiger partial charge is 0.481 e. The van der Waals surface area contributed by atoms with Crippen molar-refractivity contribution in [3.05, 3.63) is 83.7 Å². The second kappa shape index (κ2) is 12.2. The van der Waals surface area contributed by atoms with E-state index in [0.29, 0.717) is 17.9 Å². The lowest BCUT2D eigenvalue weighted by Gasteiger charge is -2.44. The molecule has 0 spiro atoms. The van der Waals surface area contributed by atoms with E-state index in [1.165, 1.54) is 17.5 Å². The molecule has 1 aromatic heterocycles. The minimum absolute atomic E-state index is 0.178. The fourth-order valence-electron chi connectivity index (χ4n) is 7.65. The monoisotopic (exact) mass is 541 g/mol. The Bertz CT molecular complexity index is 1230. The van der Waals surface area contributed by atoms with Gasteiger partial charge in [-0.25, -0.2) is 0 Å².